The summed E-state index contributed by atoms with van der Waals surface area (Å²) in [5, 5.41) is 0.00684. The highest BCUT2D eigenvalue weighted by Gasteiger charge is 2.25. The number of carbonyl (C=O) groups excluding carboxylic acids is 1. The number of hydrogen-bond acceptors (Lipinski definition) is 5. The Bertz CT molecular complexity index is 1190. The van der Waals surface area contributed by atoms with E-state index in [1.807, 2.05) is 4.72 Å². The average molecular weight is 458 g/mol. The SMILES string of the molecule is COc1ccc(Cl)c(S(=O)(=O)NC(=O)c2cn(C)c(-c3c(F)cccc3Cl)n2)c1. The Kier molecular flexibility index (Phi) is 5.83. The second-order valence-corrected chi connectivity index (χ2v) is 8.35. The highest BCUT2D eigenvalue weighted by molar-refractivity contribution is 7.90. The smallest absolute Gasteiger partial charge is 0.285 e. The van der Waals surface area contributed by atoms with E-state index in [1.54, 1.807) is 0 Å². The number of ether oxygens (including phenoxy) is 1. The molecule has 1 amide bonds. The number of rotatable bonds is 5. The van der Waals surface area contributed by atoms with E-state index in [0.29, 0.717) is 0 Å². The summed E-state index contributed by atoms with van der Waals surface area (Å²) in [6, 6.07) is 8.10. The van der Waals surface area contributed by atoms with E-state index in [2.05, 4.69) is 4.98 Å². The van der Waals surface area contributed by atoms with Crippen molar-refractivity contribution in [1.82, 2.24) is 14.3 Å². The number of methoxy groups -OCH3 is 1. The molecule has 152 valence electrons. The number of nitrogens with one attached hydrogen (secondary N) is 1. The first kappa shape index (κ1) is 21.1. The summed E-state index contributed by atoms with van der Waals surface area (Å²) in [6.45, 7) is 0. The van der Waals surface area contributed by atoms with Crippen LogP contribution in [0.4, 0.5) is 4.39 Å². The van der Waals surface area contributed by atoms with E-state index in [-0.39, 0.29) is 37.8 Å². The van der Waals surface area contributed by atoms with Crippen LogP contribution in [0.15, 0.2) is 47.5 Å². The van der Waals surface area contributed by atoms with Crippen LogP contribution in [-0.2, 0) is 17.1 Å². The third kappa shape index (κ3) is 4.21. The highest BCUT2D eigenvalue weighted by Crippen LogP contribution is 2.30. The number of aromatic nitrogens is 2. The molecule has 0 aliphatic heterocycles. The van der Waals surface area contributed by atoms with Gasteiger partial charge in [-0.05, 0) is 24.3 Å². The zero-order valence-corrected chi connectivity index (χ0v) is 17.4. The third-order valence-corrected chi connectivity index (χ3v) is 6.08. The van der Waals surface area contributed by atoms with Crippen LogP contribution < -0.4 is 9.46 Å². The largest absolute Gasteiger partial charge is 0.497 e. The molecule has 0 fully saturated rings. The minimum absolute atomic E-state index is 0.00517. The maximum absolute atomic E-state index is 14.2. The van der Waals surface area contributed by atoms with Crippen LogP contribution >= 0.6 is 23.2 Å². The number of sulfonamides is 1. The van der Waals surface area contributed by atoms with Crippen LogP contribution in [-0.4, -0.2) is 31.0 Å². The van der Waals surface area contributed by atoms with Gasteiger partial charge in [0.05, 0.1) is 22.7 Å². The molecule has 0 saturated heterocycles. The maximum Gasteiger partial charge on any atom is 0.285 e. The van der Waals surface area contributed by atoms with E-state index in [0.717, 1.165) is 0 Å². The molecule has 0 radical (unpaired) electrons. The summed E-state index contributed by atoms with van der Waals surface area (Å²) in [4.78, 5) is 16.2. The van der Waals surface area contributed by atoms with Crippen molar-refractivity contribution in [1.29, 1.82) is 0 Å². The first-order valence-corrected chi connectivity index (χ1v) is 10.3. The van der Waals surface area contributed by atoms with E-state index < -0.39 is 21.7 Å². The number of aryl methyl sites for hydroxylation is 1. The van der Waals surface area contributed by atoms with Crippen molar-refractivity contribution in [2.45, 2.75) is 4.90 Å². The van der Waals surface area contributed by atoms with E-state index in [4.69, 9.17) is 27.9 Å². The van der Waals surface area contributed by atoms with Gasteiger partial charge < -0.3 is 9.30 Å². The molecule has 1 N–H and O–H groups in total. The van der Waals surface area contributed by atoms with Crippen LogP contribution in [0.3, 0.4) is 0 Å². The van der Waals surface area contributed by atoms with Gasteiger partial charge in [-0.25, -0.2) is 22.5 Å². The van der Waals surface area contributed by atoms with Crippen molar-refractivity contribution in [3.05, 3.63) is 64.2 Å². The van der Waals surface area contributed by atoms with E-state index in [9.17, 15) is 17.6 Å². The summed E-state index contributed by atoms with van der Waals surface area (Å²) in [5.41, 5.74) is -0.251. The van der Waals surface area contributed by atoms with Crippen LogP contribution in [0.5, 0.6) is 5.75 Å². The topological polar surface area (TPSA) is 90.3 Å². The quantitative estimate of drug-likeness (QED) is 0.631. The van der Waals surface area contributed by atoms with Gasteiger partial charge in [-0.3, -0.25) is 4.79 Å². The number of nitrogens with zero attached hydrogens (tertiary/aromatic N) is 2. The lowest BCUT2D eigenvalue weighted by Crippen LogP contribution is -2.31. The second-order valence-electron chi connectivity index (χ2n) is 5.89. The Labute approximate surface area is 176 Å². The van der Waals surface area contributed by atoms with E-state index >= 15 is 0 Å². The summed E-state index contributed by atoms with van der Waals surface area (Å²) in [7, 11) is -1.43. The third-order valence-electron chi connectivity index (χ3n) is 3.95. The molecule has 11 heteroatoms. The van der Waals surface area contributed by atoms with Crippen molar-refractivity contribution in [2.75, 3.05) is 7.11 Å². The van der Waals surface area contributed by atoms with Crippen molar-refractivity contribution in [3.63, 3.8) is 0 Å². The van der Waals surface area contributed by atoms with Crippen molar-refractivity contribution < 1.29 is 22.3 Å². The molecule has 0 atom stereocenters. The standard InChI is InChI=1S/C18H14Cl2FN3O4S/c1-24-9-14(22-17(24)16-12(20)4-3-5-13(16)21)18(25)23-29(26,27)15-8-10(28-2)6-7-11(15)19/h3-9H,1-2H3,(H,23,25). The normalized spacial score (nSPS) is 11.3. The molecule has 0 saturated carbocycles. The molecule has 0 aliphatic rings. The van der Waals surface area contributed by atoms with Gasteiger partial charge in [-0.15, -0.1) is 0 Å². The Hall–Kier alpha value is -2.62. The minimum atomic E-state index is -4.32. The summed E-state index contributed by atoms with van der Waals surface area (Å²) < 4.78 is 47.6. The average Bonchev–Trinajstić information content (AvgIpc) is 3.03. The zero-order valence-electron chi connectivity index (χ0n) is 15.1. The lowest BCUT2D eigenvalue weighted by atomic mass is 10.2. The second kappa shape index (κ2) is 8.02. The van der Waals surface area contributed by atoms with Gasteiger partial charge in [-0.2, -0.15) is 0 Å². The molecule has 3 rings (SSSR count). The van der Waals surface area contributed by atoms with Crippen molar-refractivity contribution in [2.24, 2.45) is 7.05 Å². The van der Waals surface area contributed by atoms with Crippen LogP contribution in [0.2, 0.25) is 10.0 Å². The Morgan fingerprint density at radius 1 is 1.21 bits per heavy atom. The first-order chi connectivity index (χ1) is 13.6. The van der Waals surface area contributed by atoms with Crippen LogP contribution in [0.1, 0.15) is 10.5 Å². The Morgan fingerprint density at radius 3 is 2.59 bits per heavy atom. The van der Waals surface area contributed by atoms with Crippen molar-refractivity contribution >= 4 is 39.1 Å². The Balaban J connectivity index is 1.95. The molecule has 1 aromatic heterocycles. The number of hydrogen-bond donors (Lipinski definition) is 1. The lowest BCUT2D eigenvalue weighted by Gasteiger charge is -2.09. The molecule has 7 nitrogen and oxygen atoms in total. The number of carbonyl (C=O) groups is 1. The molecule has 0 unspecified atom stereocenters. The Morgan fingerprint density at radius 2 is 1.93 bits per heavy atom. The van der Waals surface area contributed by atoms with E-state index in [1.165, 1.54) is 61.3 Å². The molecular formula is C18H14Cl2FN3O4S. The monoisotopic (exact) mass is 457 g/mol. The molecule has 0 spiro atoms. The van der Waals surface area contributed by atoms with Crippen LogP contribution in [0, 0.1) is 5.82 Å². The van der Waals surface area contributed by atoms with Gasteiger partial charge in [0.2, 0.25) is 0 Å². The number of benzene rings is 2. The predicted octanol–water partition coefficient (Wildman–Crippen LogP) is 3.66. The molecule has 2 aromatic carbocycles. The number of halogens is 3. The van der Waals surface area contributed by atoms with Crippen LogP contribution in [0.25, 0.3) is 11.4 Å². The first-order valence-electron chi connectivity index (χ1n) is 8.02. The summed E-state index contributed by atoms with van der Waals surface area (Å²) in [5.74, 6) is -1.33. The molecule has 0 bridgehead atoms. The lowest BCUT2D eigenvalue weighted by molar-refractivity contribution is 0.0977. The molecular weight excluding hydrogens is 444 g/mol. The minimum Gasteiger partial charge on any atom is -0.497 e. The van der Waals surface area contributed by atoms with Gasteiger partial charge in [-0.1, -0.05) is 29.3 Å². The van der Waals surface area contributed by atoms with Gasteiger partial charge >= 0.3 is 0 Å². The molecule has 29 heavy (non-hydrogen) atoms. The fourth-order valence-corrected chi connectivity index (χ4v) is 4.29. The molecule has 0 aliphatic carbocycles. The predicted molar refractivity (Wildman–Crippen MR) is 106 cm³/mol. The van der Waals surface area contributed by atoms with Gasteiger partial charge in [0.15, 0.2) is 0 Å². The number of amides is 1. The summed E-state index contributed by atoms with van der Waals surface area (Å²) in [6.07, 6.45) is 1.26. The highest BCUT2D eigenvalue weighted by atomic mass is 35.5. The zero-order chi connectivity index (χ0) is 21.3. The van der Waals surface area contributed by atoms with Crippen molar-refractivity contribution in [3.8, 4) is 17.1 Å². The molecule has 1 heterocycles. The van der Waals surface area contributed by atoms with Gasteiger partial charge in [0.25, 0.3) is 15.9 Å². The maximum atomic E-state index is 14.2. The number of imidazole rings is 1. The van der Waals surface area contributed by atoms with Gasteiger partial charge in [0.1, 0.15) is 28.0 Å². The summed E-state index contributed by atoms with van der Waals surface area (Å²) >= 11 is 12.0. The molecule has 3 aromatic rings. The van der Waals surface area contributed by atoms with Gasteiger partial charge in [0, 0.05) is 19.3 Å². The fourth-order valence-electron chi connectivity index (χ4n) is 2.57. The fraction of sp³-hybridized carbons (Fsp3) is 0.111.